The fourth-order valence-corrected chi connectivity index (χ4v) is 2.76. The van der Waals surface area contributed by atoms with Crippen LogP contribution in [-0.2, 0) is 0 Å². The van der Waals surface area contributed by atoms with Crippen LogP contribution in [0.1, 0.15) is 12.5 Å². The Labute approximate surface area is 107 Å². The second-order valence-corrected chi connectivity index (χ2v) is 5.14. The number of hydrogen-bond acceptors (Lipinski definition) is 2. The minimum absolute atomic E-state index is 0.647. The quantitative estimate of drug-likeness (QED) is 0.757. The molecule has 0 saturated heterocycles. The highest BCUT2D eigenvalue weighted by Gasteiger charge is 2.09. The Morgan fingerprint density at radius 2 is 2.20 bits per heavy atom. The van der Waals surface area contributed by atoms with E-state index in [0.29, 0.717) is 9.93 Å². The monoisotopic (exact) mass is 301 g/mol. The fraction of sp³-hybridized carbons (Fsp3) is 0.182. The van der Waals surface area contributed by atoms with Crippen LogP contribution in [0, 0.1) is 11.3 Å². The Morgan fingerprint density at radius 1 is 1.53 bits per heavy atom. The number of rotatable bonds is 3. The molecule has 0 aliphatic heterocycles. The second kappa shape index (κ2) is 6.22. The van der Waals surface area contributed by atoms with Gasteiger partial charge in [-0.1, -0.05) is 36.7 Å². The van der Waals surface area contributed by atoms with Crippen LogP contribution in [0.25, 0.3) is 4.48 Å². The van der Waals surface area contributed by atoms with E-state index < -0.39 is 0 Å². The minimum atomic E-state index is 0.647. The van der Waals surface area contributed by atoms with E-state index in [1.807, 2.05) is 31.2 Å². The lowest BCUT2D eigenvalue weighted by atomic mass is 10.2. The molecule has 0 atom stereocenters. The minimum Gasteiger partial charge on any atom is -0.192 e. The van der Waals surface area contributed by atoms with Gasteiger partial charge in [-0.15, -0.1) is 11.8 Å². The van der Waals surface area contributed by atoms with E-state index in [-0.39, 0.29) is 0 Å². The van der Waals surface area contributed by atoms with Gasteiger partial charge in [-0.3, -0.25) is 0 Å². The molecule has 0 N–H and O–H groups in total. The molecule has 1 nitrogen and oxygen atoms in total. The van der Waals surface area contributed by atoms with Gasteiger partial charge >= 0.3 is 0 Å². The summed E-state index contributed by atoms with van der Waals surface area (Å²) in [4.78, 5) is 0.658. The smallest absolute Gasteiger partial charge is 0.107 e. The highest BCUT2D eigenvalue weighted by molar-refractivity contribution is 9.15. The highest BCUT2D eigenvalue weighted by Crippen LogP contribution is 2.34. The third-order valence-electron chi connectivity index (χ3n) is 1.70. The zero-order valence-corrected chi connectivity index (χ0v) is 11.3. The van der Waals surface area contributed by atoms with Crippen molar-refractivity contribution in [1.29, 1.82) is 5.26 Å². The third-order valence-corrected chi connectivity index (χ3v) is 3.99. The first kappa shape index (κ1) is 12.6. The Hall–Kier alpha value is -0.430. The molecule has 15 heavy (non-hydrogen) atoms. The summed E-state index contributed by atoms with van der Waals surface area (Å²) in [7, 11) is 0. The fourth-order valence-electron chi connectivity index (χ4n) is 1.05. The molecule has 0 bridgehead atoms. The van der Waals surface area contributed by atoms with Crippen molar-refractivity contribution in [3.05, 3.63) is 39.8 Å². The molecule has 0 unspecified atom stereocenters. The SMILES string of the molecule is CCS/C(C#N)=C(\Br)c1ccccc1Cl. The van der Waals surface area contributed by atoms with Crippen LogP contribution in [0.4, 0.5) is 0 Å². The van der Waals surface area contributed by atoms with Gasteiger partial charge in [-0.05, 0) is 27.7 Å². The second-order valence-electron chi connectivity index (χ2n) is 2.67. The Morgan fingerprint density at radius 3 is 2.73 bits per heavy atom. The molecule has 1 aromatic rings. The molecule has 4 heteroatoms. The van der Waals surface area contributed by atoms with Gasteiger partial charge in [0.15, 0.2) is 0 Å². The first-order valence-corrected chi connectivity index (χ1v) is 6.54. The first-order chi connectivity index (χ1) is 7.20. The van der Waals surface area contributed by atoms with E-state index in [0.717, 1.165) is 15.8 Å². The van der Waals surface area contributed by atoms with Crippen molar-refractivity contribution in [2.45, 2.75) is 6.92 Å². The van der Waals surface area contributed by atoms with Gasteiger partial charge in [-0.2, -0.15) is 5.26 Å². The lowest BCUT2D eigenvalue weighted by Gasteiger charge is -2.04. The summed E-state index contributed by atoms with van der Waals surface area (Å²) in [6.45, 7) is 2.01. The summed E-state index contributed by atoms with van der Waals surface area (Å²) in [5.41, 5.74) is 0.858. The zero-order valence-electron chi connectivity index (χ0n) is 8.13. The summed E-state index contributed by atoms with van der Waals surface area (Å²) >= 11 is 11.0. The highest BCUT2D eigenvalue weighted by atomic mass is 79.9. The summed E-state index contributed by atoms with van der Waals surface area (Å²) < 4.78 is 0.766. The van der Waals surface area contributed by atoms with Gasteiger partial charge in [0, 0.05) is 10.6 Å². The number of benzene rings is 1. The van der Waals surface area contributed by atoms with Crippen molar-refractivity contribution in [2.24, 2.45) is 0 Å². The standard InChI is InChI=1S/C11H9BrClNS/c1-2-15-10(7-14)11(12)8-5-3-4-6-9(8)13/h3-6H,2H2,1H3/b11-10-. The molecule has 0 aromatic heterocycles. The molecule has 0 spiro atoms. The number of hydrogen-bond donors (Lipinski definition) is 0. The normalized spacial score (nSPS) is 11.9. The van der Waals surface area contributed by atoms with Crippen molar-refractivity contribution in [3.63, 3.8) is 0 Å². The summed E-state index contributed by atoms with van der Waals surface area (Å²) in [6, 6.07) is 9.63. The van der Waals surface area contributed by atoms with Gasteiger partial charge in [0.25, 0.3) is 0 Å². The molecule has 0 radical (unpaired) electrons. The van der Waals surface area contributed by atoms with E-state index in [1.54, 1.807) is 0 Å². The first-order valence-electron chi connectivity index (χ1n) is 4.38. The van der Waals surface area contributed by atoms with Crippen LogP contribution in [0.15, 0.2) is 29.2 Å². The van der Waals surface area contributed by atoms with Crippen LogP contribution in [0.2, 0.25) is 5.02 Å². The number of allylic oxidation sites excluding steroid dienone is 1. The van der Waals surface area contributed by atoms with Crippen LogP contribution in [0.3, 0.4) is 0 Å². The van der Waals surface area contributed by atoms with E-state index in [2.05, 4.69) is 22.0 Å². The average molecular weight is 303 g/mol. The summed E-state index contributed by atoms with van der Waals surface area (Å²) in [6.07, 6.45) is 0. The molecular formula is C11H9BrClNS. The predicted octanol–water partition coefficient (Wildman–Crippen LogP) is 4.68. The average Bonchev–Trinajstić information content (AvgIpc) is 2.25. The summed E-state index contributed by atoms with van der Waals surface area (Å²) in [5.74, 6) is 0.864. The van der Waals surface area contributed by atoms with E-state index >= 15 is 0 Å². The number of nitrogens with zero attached hydrogens (tertiary/aromatic N) is 1. The van der Waals surface area contributed by atoms with E-state index in [9.17, 15) is 0 Å². The Balaban J connectivity index is 3.18. The number of thioether (sulfide) groups is 1. The number of nitriles is 1. The van der Waals surface area contributed by atoms with Crippen LogP contribution in [0.5, 0.6) is 0 Å². The lowest BCUT2D eigenvalue weighted by Crippen LogP contribution is -1.83. The predicted molar refractivity (Wildman–Crippen MR) is 71.0 cm³/mol. The van der Waals surface area contributed by atoms with Crippen LogP contribution in [-0.4, -0.2) is 5.75 Å². The van der Waals surface area contributed by atoms with Crippen LogP contribution >= 0.6 is 39.3 Å². The van der Waals surface area contributed by atoms with Gasteiger partial charge in [0.2, 0.25) is 0 Å². The molecule has 0 aliphatic rings. The molecule has 1 rings (SSSR count). The molecule has 0 saturated carbocycles. The Bertz CT molecular complexity index is 423. The van der Waals surface area contributed by atoms with Gasteiger partial charge in [0.1, 0.15) is 6.07 Å². The molecule has 0 amide bonds. The lowest BCUT2D eigenvalue weighted by molar-refractivity contribution is 1.51. The molecular weight excluding hydrogens is 294 g/mol. The zero-order chi connectivity index (χ0) is 11.3. The third kappa shape index (κ3) is 3.27. The van der Waals surface area contributed by atoms with Crippen molar-refractivity contribution in [3.8, 4) is 6.07 Å². The van der Waals surface area contributed by atoms with E-state index in [4.69, 9.17) is 16.9 Å². The Kier molecular flexibility index (Phi) is 5.24. The van der Waals surface area contributed by atoms with Crippen molar-refractivity contribution in [1.82, 2.24) is 0 Å². The van der Waals surface area contributed by atoms with Crippen LogP contribution < -0.4 is 0 Å². The maximum Gasteiger partial charge on any atom is 0.107 e. The van der Waals surface area contributed by atoms with Gasteiger partial charge in [0.05, 0.1) is 9.39 Å². The summed E-state index contributed by atoms with van der Waals surface area (Å²) in [5, 5.41) is 9.63. The molecule has 0 aliphatic carbocycles. The number of halogens is 2. The topological polar surface area (TPSA) is 23.8 Å². The maximum atomic E-state index is 8.98. The van der Waals surface area contributed by atoms with Gasteiger partial charge < -0.3 is 0 Å². The molecule has 78 valence electrons. The van der Waals surface area contributed by atoms with Gasteiger partial charge in [-0.25, -0.2) is 0 Å². The molecule has 0 heterocycles. The van der Waals surface area contributed by atoms with Crippen molar-refractivity contribution < 1.29 is 0 Å². The largest absolute Gasteiger partial charge is 0.192 e. The maximum absolute atomic E-state index is 8.98. The molecule has 0 fully saturated rings. The molecule has 1 aromatic carbocycles. The van der Waals surface area contributed by atoms with E-state index in [1.165, 1.54) is 11.8 Å². The van der Waals surface area contributed by atoms with Crippen molar-refractivity contribution in [2.75, 3.05) is 5.75 Å². The van der Waals surface area contributed by atoms with Crippen molar-refractivity contribution >= 4 is 43.8 Å².